The van der Waals surface area contributed by atoms with E-state index in [0.29, 0.717) is 31.1 Å². The third kappa shape index (κ3) is 6.34. The molecule has 2 heterocycles. The third-order valence-corrected chi connectivity index (χ3v) is 11.2. The minimum absolute atomic E-state index is 0.0468. The van der Waals surface area contributed by atoms with Gasteiger partial charge in [0.15, 0.2) is 8.32 Å². The molecule has 5 N–H and O–H groups in total. The van der Waals surface area contributed by atoms with E-state index in [1.807, 2.05) is 45.0 Å². The molecule has 35 heavy (non-hydrogen) atoms. The van der Waals surface area contributed by atoms with Gasteiger partial charge in [-0.15, -0.1) is 0 Å². The highest BCUT2D eigenvalue weighted by atomic mass is 28.4. The summed E-state index contributed by atoms with van der Waals surface area (Å²) in [5, 5.41) is 3.14. The zero-order chi connectivity index (χ0) is 26.2. The van der Waals surface area contributed by atoms with Gasteiger partial charge in [-0.05, 0) is 56.6 Å². The number of anilines is 3. The molecule has 0 radical (unpaired) electrons. The summed E-state index contributed by atoms with van der Waals surface area (Å²) in [7, 11) is -2.06. The summed E-state index contributed by atoms with van der Waals surface area (Å²) in [4.78, 5) is 18.9. The second-order valence-electron chi connectivity index (χ2n) is 11.7. The van der Waals surface area contributed by atoms with Gasteiger partial charge in [-0.3, -0.25) is 0 Å². The van der Waals surface area contributed by atoms with Crippen LogP contribution in [0.1, 0.15) is 47.1 Å². The Morgan fingerprint density at radius 1 is 1.11 bits per heavy atom. The van der Waals surface area contributed by atoms with E-state index >= 15 is 0 Å². The standard InChI is InChI=1S/C26H41N5O3Si/c1-25(2,3)34-17-14-31(15-17)24(32)30-21-11-9-10-18(19-12-13-29-23(28)22(19)27)20(21)16-33-35(7,8)26(4,5)6/h9-13,17H,14-16,27H2,1-8H3,(H2,28,29)(H,30,32). The van der Waals surface area contributed by atoms with Crippen LogP contribution in [0.15, 0.2) is 30.5 Å². The zero-order valence-electron chi connectivity index (χ0n) is 22.4. The SMILES string of the molecule is CC(C)(C)OC1CN(C(=O)Nc2cccc(-c3ccnc(N)c3N)c2CO[Si](C)(C)C(C)(C)C)C1. The van der Waals surface area contributed by atoms with Crippen LogP contribution in [0.2, 0.25) is 18.1 Å². The second kappa shape index (κ2) is 9.79. The predicted octanol–water partition coefficient (Wildman–Crippen LogP) is 5.47. The van der Waals surface area contributed by atoms with Crippen LogP contribution in [0.4, 0.5) is 22.0 Å². The third-order valence-electron chi connectivity index (χ3n) is 6.77. The van der Waals surface area contributed by atoms with E-state index in [1.54, 1.807) is 11.1 Å². The lowest BCUT2D eigenvalue weighted by atomic mass is 9.98. The highest BCUT2D eigenvalue weighted by Crippen LogP contribution is 2.40. The summed E-state index contributed by atoms with van der Waals surface area (Å²) in [6, 6.07) is 7.45. The van der Waals surface area contributed by atoms with Crippen LogP contribution < -0.4 is 16.8 Å². The first kappa shape index (κ1) is 27.0. The van der Waals surface area contributed by atoms with Crippen LogP contribution in [0.3, 0.4) is 0 Å². The maximum atomic E-state index is 13.1. The molecule has 8 nitrogen and oxygen atoms in total. The Kier molecular flexibility index (Phi) is 7.55. The van der Waals surface area contributed by atoms with Crippen molar-refractivity contribution in [1.29, 1.82) is 0 Å². The molecule has 1 aliphatic heterocycles. The molecule has 9 heteroatoms. The van der Waals surface area contributed by atoms with Crippen molar-refractivity contribution in [3.8, 4) is 11.1 Å². The molecular weight excluding hydrogens is 458 g/mol. The minimum atomic E-state index is -2.06. The van der Waals surface area contributed by atoms with Gasteiger partial charge >= 0.3 is 6.03 Å². The van der Waals surface area contributed by atoms with Crippen molar-refractivity contribution in [2.24, 2.45) is 0 Å². The lowest BCUT2D eigenvalue weighted by Crippen LogP contribution is -2.57. The normalized spacial score (nSPS) is 15.1. The molecule has 2 aromatic rings. The van der Waals surface area contributed by atoms with Crippen LogP contribution in [0.5, 0.6) is 0 Å². The van der Waals surface area contributed by atoms with Gasteiger partial charge in [0.2, 0.25) is 0 Å². The number of likely N-dealkylation sites (tertiary alicyclic amines) is 1. The van der Waals surface area contributed by atoms with Crippen molar-refractivity contribution in [1.82, 2.24) is 9.88 Å². The van der Waals surface area contributed by atoms with Crippen molar-refractivity contribution in [3.63, 3.8) is 0 Å². The number of hydrogen-bond acceptors (Lipinski definition) is 6. The van der Waals surface area contributed by atoms with E-state index < -0.39 is 8.32 Å². The first-order valence-corrected chi connectivity index (χ1v) is 15.0. The number of nitrogens with two attached hydrogens (primary N) is 2. The molecule has 1 aliphatic rings. The number of urea groups is 1. The first-order valence-electron chi connectivity index (χ1n) is 12.1. The van der Waals surface area contributed by atoms with Crippen LogP contribution in [-0.2, 0) is 15.8 Å². The molecular formula is C26H41N5O3Si. The Balaban J connectivity index is 1.90. The van der Waals surface area contributed by atoms with E-state index in [1.165, 1.54) is 0 Å². The number of aromatic nitrogens is 1. The van der Waals surface area contributed by atoms with Crippen molar-refractivity contribution in [2.75, 3.05) is 29.9 Å². The Morgan fingerprint density at radius 2 is 1.77 bits per heavy atom. The highest BCUT2D eigenvalue weighted by molar-refractivity contribution is 6.74. The molecule has 192 valence electrons. The lowest BCUT2D eigenvalue weighted by Gasteiger charge is -2.42. The van der Waals surface area contributed by atoms with Gasteiger partial charge in [0, 0.05) is 23.0 Å². The maximum absolute atomic E-state index is 13.1. The molecule has 1 saturated heterocycles. The van der Waals surface area contributed by atoms with Crippen LogP contribution in [0.25, 0.3) is 11.1 Å². The Bertz CT molecular complexity index is 1070. The van der Waals surface area contributed by atoms with Gasteiger partial charge < -0.3 is 30.8 Å². The molecule has 3 rings (SSSR count). The van der Waals surface area contributed by atoms with E-state index in [2.05, 4.69) is 44.2 Å². The first-order chi connectivity index (χ1) is 16.1. The Hall–Kier alpha value is -2.62. The summed E-state index contributed by atoms with van der Waals surface area (Å²) in [6.45, 7) is 18.6. The molecule has 1 fully saturated rings. The minimum Gasteiger partial charge on any atom is -0.412 e. The summed E-state index contributed by atoms with van der Waals surface area (Å²) < 4.78 is 12.5. The number of nitrogen functional groups attached to an aromatic ring is 2. The van der Waals surface area contributed by atoms with Crippen LogP contribution >= 0.6 is 0 Å². The molecule has 0 saturated carbocycles. The summed E-state index contributed by atoms with van der Waals surface area (Å²) in [5.41, 5.74) is 15.7. The van der Waals surface area contributed by atoms with Gasteiger partial charge in [-0.25, -0.2) is 9.78 Å². The maximum Gasteiger partial charge on any atom is 0.322 e. The molecule has 0 unspecified atom stereocenters. The zero-order valence-corrected chi connectivity index (χ0v) is 23.4. The Labute approximate surface area is 210 Å². The Morgan fingerprint density at radius 3 is 2.37 bits per heavy atom. The number of pyridine rings is 1. The fraction of sp³-hybridized carbons (Fsp3) is 0.538. The lowest BCUT2D eigenvalue weighted by molar-refractivity contribution is -0.110. The van der Waals surface area contributed by atoms with E-state index in [-0.39, 0.29) is 28.6 Å². The molecule has 0 atom stereocenters. The van der Waals surface area contributed by atoms with E-state index in [9.17, 15) is 4.79 Å². The quantitative estimate of drug-likeness (QED) is 0.454. The number of hydrogen-bond donors (Lipinski definition) is 3. The van der Waals surface area contributed by atoms with Gasteiger partial charge in [-0.1, -0.05) is 32.9 Å². The summed E-state index contributed by atoms with van der Waals surface area (Å²) in [5.74, 6) is 0.277. The van der Waals surface area contributed by atoms with Gasteiger partial charge in [0.1, 0.15) is 5.82 Å². The summed E-state index contributed by atoms with van der Waals surface area (Å²) >= 11 is 0. The molecule has 0 bridgehead atoms. The van der Waals surface area contributed by atoms with E-state index in [0.717, 1.165) is 16.7 Å². The highest BCUT2D eigenvalue weighted by Gasteiger charge is 2.38. The number of ether oxygens (including phenoxy) is 1. The molecule has 2 amide bonds. The number of carbonyl (C=O) groups is 1. The number of rotatable bonds is 6. The number of nitrogens with zero attached hydrogens (tertiary/aromatic N) is 2. The molecule has 0 aliphatic carbocycles. The van der Waals surface area contributed by atoms with Crippen molar-refractivity contribution in [2.45, 2.75) is 78.0 Å². The van der Waals surface area contributed by atoms with Gasteiger partial charge in [0.25, 0.3) is 0 Å². The number of benzene rings is 1. The van der Waals surface area contributed by atoms with Crippen molar-refractivity contribution < 1.29 is 14.0 Å². The van der Waals surface area contributed by atoms with Crippen LogP contribution in [-0.4, -0.2) is 49.0 Å². The molecule has 0 spiro atoms. The number of nitrogens with one attached hydrogen (secondary N) is 1. The van der Waals surface area contributed by atoms with Crippen molar-refractivity contribution in [3.05, 3.63) is 36.0 Å². The smallest absolute Gasteiger partial charge is 0.322 e. The number of amides is 2. The average molecular weight is 500 g/mol. The monoisotopic (exact) mass is 499 g/mol. The largest absolute Gasteiger partial charge is 0.412 e. The van der Waals surface area contributed by atoms with E-state index in [4.69, 9.17) is 20.6 Å². The molecule has 1 aromatic heterocycles. The van der Waals surface area contributed by atoms with Crippen LogP contribution in [0, 0.1) is 0 Å². The average Bonchev–Trinajstić information content (AvgIpc) is 2.69. The van der Waals surface area contributed by atoms with Crippen molar-refractivity contribution >= 4 is 31.5 Å². The van der Waals surface area contributed by atoms with Gasteiger partial charge in [-0.2, -0.15) is 0 Å². The predicted molar refractivity (Wildman–Crippen MR) is 146 cm³/mol. The number of carbonyl (C=O) groups excluding carboxylic acids is 1. The fourth-order valence-corrected chi connectivity index (χ4v) is 4.62. The topological polar surface area (TPSA) is 116 Å². The second-order valence-corrected chi connectivity index (χ2v) is 16.5. The molecule has 1 aromatic carbocycles. The van der Waals surface area contributed by atoms with Gasteiger partial charge in [0.05, 0.1) is 37.1 Å². The fourth-order valence-electron chi connectivity index (χ4n) is 3.68. The summed E-state index contributed by atoms with van der Waals surface area (Å²) in [6.07, 6.45) is 1.69.